The molecule has 178 valence electrons. The van der Waals surface area contributed by atoms with Crippen LogP contribution >= 0.6 is 0 Å². The van der Waals surface area contributed by atoms with E-state index in [2.05, 4.69) is 19.2 Å². The van der Waals surface area contributed by atoms with Crippen molar-refractivity contribution in [2.45, 2.75) is 39.5 Å². The van der Waals surface area contributed by atoms with Gasteiger partial charge in [-0.1, -0.05) is 44.2 Å². The fraction of sp³-hybridized carbons (Fsp3) is 0.321. The third-order valence-corrected chi connectivity index (χ3v) is 6.17. The first-order valence-corrected chi connectivity index (χ1v) is 11.6. The van der Waals surface area contributed by atoms with Crippen LogP contribution in [0.2, 0.25) is 0 Å². The van der Waals surface area contributed by atoms with E-state index in [1.165, 1.54) is 12.1 Å². The Morgan fingerprint density at radius 3 is 2.59 bits per heavy atom. The van der Waals surface area contributed by atoms with E-state index in [4.69, 9.17) is 9.47 Å². The number of carbonyl (C=O) groups excluding carboxylic acids is 1. The summed E-state index contributed by atoms with van der Waals surface area (Å²) < 4.78 is 24.6. The van der Waals surface area contributed by atoms with Gasteiger partial charge in [-0.3, -0.25) is 4.79 Å². The fourth-order valence-electron chi connectivity index (χ4n) is 4.29. The minimum absolute atomic E-state index is 0.0728. The van der Waals surface area contributed by atoms with Gasteiger partial charge in [0.1, 0.15) is 23.9 Å². The van der Waals surface area contributed by atoms with Gasteiger partial charge in [-0.2, -0.15) is 0 Å². The lowest BCUT2D eigenvalue weighted by Gasteiger charge is -2.27. The number of nitrogens with zero attached hydrogens (tertiary/aromatic N) is 1. The lowest BCUT2D eigenvalue weighted by atomic mass is 10.0. The molecule has 0 spiro atoms. The number of fused-ring (bicyclic) bond motifs is 1. The summed E-state index contributed by atoms with van der Waals surface area (Å²) in [5.74, 6) is 1.50. The van der Waals surface area contributed by atoms with Crippen LogP contribution in [-0.2, 0) is 24.4 Å². The molecule has 6 heteroatoms. The number of carbonyl (C=O) groups is 1. The van der Waals surface area contributed by atoms with E-state index in [-0.39, 0.29) is 23.7 Å². The zero-order valence-electron chi connectivity index (χ0n) is 19.9. The molecule has 1 amide bonds. The lowest BCUT2D eigenvalue weighted by Crippen LogP contribution is -2.47. The van der Waals surface area contributed by atoms with Crippen molar-refractivity contribution >= 4 is 11.6 Å². The van der Waals surface area contributed by atoms with Crippen molar-refractivity contribution in [1.29, 1.82) is 0 Å². The van der Waals surface area contributed by atoms with Crippen molar-refractivity contribution in [3.05, 3.63) is 89.2 Å². The zero-order valence-corrected chi connectivity index (χ0v) is 19.9. The molecule has 1 aliphatic heterocycles. The number of amides is 1. The molecule has 5 nitrogen and oxygen atoms in total. The van der Waals surface area contributed by atoms with Crippen molar-refractivity contribution in [1.82, 2.24) is 5.32 Å². The number of halogens is 1. The number of benzene rings is 3. The molecule has 1 unspecified atom stereocenters. The second-order valence-electron chi connectivity index (χ2n) is 8.86. The highest BCUT2D eigenvalue weighted by Gasteiger charge is 2.32. The number of ether oxygens (including phenoxy) is 2. The van der Waals surface area contributed by atoms with Gasteiger partial charge in [-0.15, -0.1) is 0 Å². The largest absolute Gasteiger partial charge is 0.496 e. The van der Waals surface area contributed by atoms with Gasteiger partial charge in [0.2, 0.25) is 5.91 Å². The molecule has 0 saturated carbocycles. The Labute approximate surface area is 200 Å². The first kappa shape index (κ1) is 23.8. The molecule has 1 heterocycles. The van der Waals surface area contributed by atoms with Crippen molar-refractivity contribution < 1.29 is 18.7 Å². The van der Waals surface area contributed by atoms with E-state index < -0.39 is 0 Å². The van der Waals surface area contributed by atoms with E-state index in [1.54, 1.807) is 19.2 Å². The molecule has 0 radical (unpaired) electrons. The van der Waals surface area contributed by atoms with Gasteiger partial charge in [0.25, 0.3) is 0 Å². The first-order valence-electron chi connectivity index (χ1n) is 11.6. The third kappa shape index (κ3) is 5.39. The minimum Gasteiger partial charge on any atom is -0.496 e. The topological polar surface area (TPSA) is 50.8 Å². The number of para-hydroxylation sites is 1. The molecule has 3 aromatic carbocycles. The van der Waals surface area contributed by atoms with Crippen LogP contribution < -0.4 is 19.7 Å². The predicted octanol–water partition coefficient (Wildman–Crippen LogP) is 5.12. The third-order valence-electron chi connectivity index (χ3n) is 6.17. The predicted molar refractivity (Wildman–Crippen MR) is 132 cm³/mol. The van der Waals surface area contributed by atoms with Gasteiger partial charge in [-0.25, -0.2) is 4.39 Å². The van der Waals surface area contributed by atoms with Crippen molar-refractivity contribution in [3.8, 4) is 11.5 Å². The summed E-state index contributed by atoms with van der Waals surface area (Å²) in [4.78, 5) is 15.4. The number of hydrogen-bond donors (Lipinski definition) is 1. The van der Waals surface area contributed by atoms with E-state index in [1.807, 2.05) is 47.4 Å². The van der Waals surface area contributed by atoms with E-state index in [0.717, 1.165) is 28.1 Å². The van der Waals surface area contributed by atoms with E-state index >= 15 is 0 Å². The Kier molecular flexibility index (Phi) is 7.48. The summed E-state index contributed by atoms with van der Waals surface area (Å²) in [5.41, 5.74) is 3.86. The number of methoxy groups -OCH3 is 1. The summed E-state index contributed by atoms with van der Waals surface area (Å²) >= 11 is 0. The second kappa shape index (κ2) is 10.7. The fourth-order valence-corrected chi connectivity index (χ4v) is 4.29. The van der Waals surface area contributed by atoms with E-state index in [9.17, 15) is 9.18 Å². The summed E-state index contributed by atoms with van der Waals surface area (Å²) in [6, 6.07) is 19.8. The summed E-state index contributed by atoms with van der Waals surface area (Å²) in [5, 5.41) is 3.43. The van der Waals surface area contributed by atoms with Gasteiger partial charge in [0, 0.05) is 18.8 Å². The molecule has 1 atom stereocenters. The number of hydrogen-bond acceptors (Lipinski definition) is 4. The lowest BCUT2D eigenvalue weighted by molar-refractivity contribution is -0.121. The second-order valence-corrected chi connectivity index (χ2v) is 8.86. The number of rotatable bonds is 8. The molecule has 3 aromatic rings. The highest BCUT2D eigenvalue weighted by molar-refractivity contribution is 5.98. The van der Waals surface area contributed by atoms with Crippen LogP contribution in [0.25, 0.3) is 0 Å². The molecule has 34 heavy (non-hydrogen) atoms. The molecule has 0 bridgehead atoms. The first-order chi connectivity index (χ1) is 16.5. The highest BCUT2D eigenvalue weighted by Crippen LogP contribution is 2.31. The molecule has 4 rings (SSSR count). The quantitative estimate of drug-likeness (QED) is 0.505. The maximum atomic E-state index is 13.5. The van der Waals surface area contributed by atoms with Crippen LogP contribution in [-0.4, -0.2) is 25.6 Å². The molecule has 0 saturated heterocycles. The maximum Gasteiger partial charge on any atom is 0.244 e. The molecule has 0 aromatic heterocycles. The summed E-state index contributed by atoms with van der Waals surface area (Å²) in [6.45, 7) is 5.58. The molecule has 0 aliphatic carbocycles. The van der Waals surface area contributed by atoms with Gasteiger partial charge in [-0.05, 0) is 65.4 Å². The Bertz CT molecular complexity index is 1130. The molecule has 1 N–H and O–H groups in total. The monoisotopic (exact) mass is 462 g/mol. The summed E-state index contributed by atoms with van der Waals surface area (Å²) in [7, 11) is 1.66. The molecule has 0 fully saturated rings. The van der Waals surface area contributed by atoms with Gasteiger partial charge < -0.3 is 19.7 Å². The average Bonchev–Trinajstić information content (AvgIpc) is 2.98. The Balaban J connectivity index is 1.57. The minimum atomic E-state index is -0.270. The van der Waals surface area contributed by atoms with Gasteiger partial charge >= 0.3 is 0 Å². The Morgan fingerprint density at radius 1 is 1.09 bits per heavy atom. The summed E-state index contributed by atoms with van der Waals surface area (Å²) in [6.07, 6.45) is 0.683. The Morgan fingerprint density at radius 2 is 1.85 bits per heavy atom. The molecular weight excluding hydrogens is 431 g/mol. The van der Waals surface area contributed by atoms with Crippen LogP contribution in [0.3, 0.4) is 0 Å². The number of nitrogens with one attached hydrogen (secondary N) is 1. The van der Waals surface area contributed by atoms with Crippen molar-refractivity contribution in [3.63, 3.8) is 0 Å². The normalized spacial score (nSPS) is 15.7. The van der Waals surface area contributed by atoms with Gasteiger partial charge in [0.05, 0.1) is 13.2 Å². The SMILES string of the molecule is COc1ccccc1CCN1C(=O)C(C(C)C)NCc2cc(OCc3ccc(F)cc3)ccc21. The molecular formula is C28H31FN2O3. The van der Waals surface area contributed by atoms with Crippen LogP contribution in [0.4, 0.5) is 10.1 Å². The smallest absolute Gasteiger partial charge is 0.244 e. The standard InChI is InChI=1S/C28H31FN2O3/c1-19(2)27-28(32)31(15-14-21-6-4-5-7-26(21)33-3)25-13-12-24(16-22(25)17-30-27)34-18-20-8-10-23(29)11-9-20/h4-13,16,19,27,30H,14-15,17-18H2,1-3H3. The maximum absolute atomic E-state index is 13.5. The van der Waals surface area contributed by atoms with Crippen LogP contribution in [0.1, 0.15) is 30.5 Å². The molecule has 1 aliphatic rings. The van der Waals surface area contributed by atoms with Crippen LogP contribution in [0.15, 0.2) is 66.7 Å². The van der Waals surface area contributed by atoms with Gasteiger partial charge in [0.15, 0.2) is 0 Å². The van der Waals surface area contributed by atoms with Crippen molar-refractivity contribution in [2.24, 2.45) is 5.92 Å². The highest BCUT2D eigenvalue weighted by atomic mass is 19.1. The van der Waals surface area contributed by atoms with Crippen molar-refractivity contribution in [2.75, 3.05) is 18.6 Å². The number of anilines is 1. The van der Waals surface area contributed by atoms with E-state index in [0.29, 0.717) is 31.9 Å². The average molecular weight is 463 g/mol. The Hall–Kier alpha value is -3.38. The van der Waals surface area contributed by atoms with Crippen LogP contribution in [0, 0.1) is 11.7 Å². The zero-order chi connectivity index (χ0) is 24.1. The van der Waals surface area contributed by atoms with Crippen LogP contribution in [0.5, 0.6) is 11.5 Å².